The molecule has 2 heterocycles. The highest BCUT2D eigenvalue weighted by molar-refractivity contribution is 7.86. The van der Waals surface area contributed by atoms with Crippen LogP contribution in [-0.2, 0) is 15.0 Å². The highest BCUT2D eigenvalue weighted by atomic mass is 35.5. The van der Waals surface area contributed by atoms with E-state index < -0.39 is 10.2 Å². The molecule has 2 atom stereocenters. The number of carbonyl (C=O) groups excluding carboxylic acids is 1. The number of carbonyl (C=O) groups is 1. The molecular weight excluding hydrogens is 328 g/mol. The van der Waals surface area contributed by atoms with Crippen molar-refractivity contribution in [3.05, 3.63) is 0 Å². The van der Waals surface area contributed by atoms with E-state index in [-0.39, 0.29) is 23.7 Å². The van der Waals surface area contributed by atoms with Gasteiger partial charge in [0, 0.05) is 32.7 Å². The molecule has 7 nitrogen and oxygen atoms in total. The molecule has 0 aromatic carbocycles. The molecule has 0 radical (unpaired) electrons. The monoisotopic (exact) mass is 352 g/mol. The predicted molar refractivity (Wildman–Crippen MR) is 85.8 cm³/mol. The van der Waals surface area contributed by atoms with Gasteiger partial charge in [-0.3, -0.25) is 4.79 Å². The first-order valence-corrected chi connectivity index (χ1v) is 9.22. The second-order valence-corrected chi connectivity index (χ2v) is 8.01. The van der Waals surface area contributed by atoms with Crippen LogP contribution in [0.15, 0.2) is 0 Å². The highest BCUT2D eigenvalue weighted by Gasteiger charge is 2.51. The Labute approximate surface area is 138 Å². The number of hydrogen-bond donors (Lipinski definition) is 2. The number of halogens is 1. The van der Waals surface area contributed by atoms with E-state index in [1.807, 2.05) is 4.90 Å². The first-order chi connectivity index (χ1) is 9.93. The fourth-order valence-corrected chi connectivity index (χ4v) is 4.80. The number of amides is 1. The number of nitrogens with two attached hydrogens (primary N) is 1. The van der Waals surface area contributed by atoms with Crippen LogP contribution in [-0.4, -0.2) is 62.8 Å². The zero-order chi connectivity index (χ0) is 15.1. The fraction of sp³-hybridized carbons (Fsp3) is 0.923. The maximum Gasteiger partial charge on any atom is 0.277 e. The average Bonchev–Trinajstić information content (AvgIpc) is 2.90. The SMILES string of the molecule is Cl.NS(=O)(=O)N1CCN(C(=O)[C@@]23CCCC[C@H]2CNC3)CC1. The summed E-state index contributed by atoms with van der Waals surface area (Å²) in [5.74, 6) is 0.654. The lowest BCUT2D eigenvalue weighted by Crippen LogP contribution is -2.57. The number of piperazine rings is 1. The molecule has 3 fully saturated rings. The third-order valence-corrected chi connectivity index (χ3v) is 6.43. The Balaban J connectivity index is 0.00000176. The lowest BCUT2D eigenvalue weighted by Gasteiger charge is -2.43. The second kappa shape index (κ2) is 6.60. The largest absolute Gasteiger partial charge is 0.340 e. The molecule has 3 N–H and O–H groups in total. The van der Waals surface area contributed by atoms with Gasteiger partial charge in [0.1, 0.15) is 0 Å². The van der Waals surface area contributed by atoms with Gasteiger partial charge >= 0.3 is 0 Å². The van der Waals surface area contributed by atoms with Gasteiger partial charge in [-0.25, -0.2) is 5.14 Å². The van der Waals surface area contributed by atoms with Crippen LogP contribution < -0.4 is 10.5 Å². The lowest BCUT2D eigenvalue weighted by atomic mass is 9.67. The number of nitrogens with one attached hydrogen (secondary N) is 1. The molecule has 0 aromatic heterocycles. The molecule has 1 saturated carbocycles. The number of nitrogens with zero attached hydrogens (tertiary/aromatic N) is 2. The molecule has 1 amide bonds. The summed E-state index contributed by atoms with van der Waals surface area (Å²) in [6.07, 6.45) is 4.40. The van der Waals surface area contributed by atoms with Crippen molar-refractivity contribution < 1.29 is 13.2 Å². The predicted octanol–water partition coefficient (Wildman–Crippen LogP) is -0.464. The molecule has 0 spiro atoms. The summed E-state index contributed by atoms with van der Waals surface area (Å²) in [4.78, 5) is 14.8. The minimum atomic E-state index is -3.64. The first-order valence-electron chi connectivity index (χ1n) is 7.71. The minimum absolute atomic E-state index is 0. The van der Waals surface area contributed by atoms with Gasteiger partial charge < -0.3 is 10.2 Å². The molecule has 3 aliphatic rings. The molecule has 0 bridgehead atoms. The molecule has 128 valence electrons. The Morgan fingerprint density at radius 1 is 1.18 bits per heavy atom. The van der Waals surface area contributed by atoms with Crippen molar-refractivity contribution in [2.24, 2.45) is 16.5 Å². The molecule has 9 heteroatoms. The van der Waals surface area contributed by atoms with E-state index in [1.54, 1.807) is 0 Å². The number of hydrogen-bond acceptors (Lipinski definition) is 4. The van der Waals surface area contributed by atoms with E-state index in [4.69, 9.17) is 5.14 Å². The Kier molecular flexibility index (Phi) is 5.38. The Morgan fingerprint density at radius 2 is 1.86 bits per heavy atom. The van der Waals surface area contributed by atoms with Crippen LogP contribution in [0.4, 0.5) is 0 Å². The van der Waals surface area contributed by atoms with Gasteiger partial charge in [0.05, 0.1) is 5.41 Å². The van der Waals surface area contributed by atoms with Crippen molar-refractivity contribution in [1.29, 1.82) is 0 Å². The summed E-state index contributed by atoms with van der Waals surface area (Å²) in [5.41, 5.74) is -0.248. The molecule has 3 rings (SSSR count). The van der Waals surface area contributed by atoms with Crippen LogP contribution in [0.5, 0.6) is 0 Å². The van der Waals surface area contributed by atoms with E-state index in [0.717, 1.165) is 32.4 Å². The van der Waals surface area contributed by atoms with Crippen LogP contribution in [0.1, 0.15) is 25.7 Å². The second-order valence-electron chi connectivity index (χ2n) is 6.47. The zero-order valence-corrected chi connectivity index (χ0v) is 14.3. The topological polar surface area (TPSA) is 95.7 Å². The van der Waals surface area contributed by atoms with E-state index in [0.29, 0.717) is 32.1 Å². The van der Waals surface area contributed by atoms with Crippen molar-refractivity contribution in [3.8, 4) is 0 Å². The van der Waals surface area contributed by atoms with Gasteiger partial charge in [0.2, 0.25) is 5.91 Å². The quantitative estimate of drug-likeness (QED) is 0.702. The number of fused-ring (bicyclic) bond motifs is 1. The zero-order valence-electron chi connectivity index (χ0n) is 12.7. The Morgan fingerprint density at radius 3 is 2.50 bits per heavy atom. The van der Waals surface area contributed by atoms with Crippen molar-refractivity contribution in [2.75, 3.05) is 39.3 Å². The normalized spacial score (nSPS) is 33.1. The summed E-state index contributed by atoms with van der Waals surface area (Å²) in [6, 6.07) is 0. The third-order valence-electron chi connectivity index (χ3n) is 5.35. The smallest absolute Gasteiger partial charge is 0.277 e. The van der Waals surface area contributed by atoms with Gasteiger partial charge in [0.15, 0.2) is 0 Å². The van der Waals surface area contributed by atoms with Crippen LogP contribution in [0, 0.1) is 11.3 Å². The van der Waals surface area contributed by atoms with Crippen LogP contribution in [0.3, 0.4) is 0 Å². The summed E-state index contributed by atoms with van der Waals surface area (Å²) in [7, 11) is -3.64. The first kappa shape index (κ1) is 17.9. The van der Waals surface area contributed by atoms with Gasteiger partial charge in [-0.1, -0.05) is 12.8 Å². The lowest BCUT2D eigenvalue weighted by molar-refractivity contribution is -0.146. The van der Waals surface area contributed by atoms with E-state index in [9.17, 15) is 13.2 Å². The Hall–Kier alpha value is -0.410. The van der Waals surface area contributed by atoms with Crippen LogP contribution in [0.2, 0.25) is 0 Å². The molecule has 22 heavy (non-hydrogen) atoms. The molecule has 0 aromatic rings. The van der Waals surface area contributed by atoms with Crippen molar-refractivity contribution in [3.63, 3.8) is 0 Å². The standard InChI is InChI=1S/C13H24N4O3S.ClH/c14-21(19,20)17-7-5-16(6-8-17)12(18)13-4-2-1-3-11(13)9-15-10-13;/h11,15H,1-10H2,(H2,14,19,20);1H/t11-,13+;/m0./s1. The molecular formula is C13H25ClN4O3S. The van der Waals surface area contributed by atoms with Gasteiger partial charge in [0.25, 0.3) is 10.2 Å². The van der Waals surface area contributed by atoms with Crippen LogP contribution in [0.25, 0.3) is 0 Å². The van der Waals surface area contributed by atoms with Crippen LogP contribution >= 0.6 is 12.4 Å². The maximum atomic E-state index is 13.0. The van der Waals surface area contributed by atoms with Gasteiger partial charge in [-0.2, -0.15) is 12.7 Å². The maximum absolute atomic E-state index is 13.0. The molecule has 0 unspecified atom stereocenters. The van der Waals surface area contributed by atoms with Gasteiger partial charge in [-0.05, 0) is 25.3 Å². The average molecular weight is 353 g/mol. The Bertz CT molecular complexity index is 521. The number of rotatable bonds is 2. The third kappa shape index (κ3) is 3.12. The minimum Gasteiger partial charge on any atom is -0.340 e. The van der Waals surface area contributed by atoms with E-state index in [1.165, 1.54) is 10.7 Å². The summed E-state index contributed by atoms with van der Waals surface area (Å²) < 4.78 is 23.9. The molecule has 1 aliphatic carbocycles. The fourth-order valence-electron chi connectivity index (χ4n) is 4.13. The highest BCUT2D eigenvalue weighted by Crippen LogP contribution is 2.45. The van der Waals surface area contributed by atoms with E-state index >= 15 is 0 Å². The van der Waals surface area contributed by atoms with Gasteiger partial charge in [-0.15, -0.1) is 12.4 Å². The van der Waals surface area contributed by atoms with Crippen molar-refractivity contribution >= 4 is 28.5 Å². The molecule has 2 aliphatic heterocycles. The molecule has 2 saturated heterocycles. The van der Waals surface area contributed by atoms with E-state index in [2.05, 4.69) is 5.32 Å². The van der Waals surface area contributed by atoms with Crippen molar-refractivity contribution in [2.45, 2.75) is 25.7 Å². The summed E-state index contributed by atoms with van der Waals surface area (Å²) in [5, 5.41) is 8.53. The summed E-state index contributed by atoms with van der Waals surface area (Å²) >= 11 is 0. The van der Waals surface area contributed by atoms with Crippen molar-refractivity contribution in [1.82, 2.24) is 14.5 Å². The summed E-state index contributed by atoms with van der Waals surface area (Å²) in [6.45, 7) is 3.21.